The first kappa shape index (κ1) is 23.8. The van der Waals surface area contributed by atoms with E-state index in [1.165, 1.54) is 36.4 Å². The molecule has 33 heavy (non-hydrogen) atoms. The van der Waals surface area contributed by atoms with E-state index in [0.29, 0.717) is 29.5 Å². The van der Waals surface area contributed by atoms with Gasteiger partial charge in [0, 0.05) is 16.9 Å². The van der Waals surface area contributed by atoms with E-state index in [9.17, 15) is 22.8 Å². The van der Waals surface area contributed by atoms with Crippen LogP contribution in [0.2, 0.25) is 0 Å². The summed E-state index contributed by atoms with van der Waals surface area (Å²) < 4.78 is 44.3. The number of carbonyl (C=O) groups excluding carboxylic acids is 2. The average molecular weight is 456 g/mol. The maximum atomic E-state index is 12.8. The maximum absolute atomic E-state index is 12.8. The molecule has 0 aliphatic heterocycles. The molecule has 0 radical (unpaired) electrons. The molecule has 3 aromatic rings. The quantitative estimate of drug-likeness (QED) is 0.442. The molecule has 0 aromatic heterocycles. The Balaban J connectivity index is 1.66. The molecule has 0 unspecified atom stereocenters. The third kappa shape index (κ3) is 6.58. The van der Waals surface area contributed by atoms with Gasteiger partial charge < -0.3 is 15.4 Å². The van der Waals surface area contributed by atoms with Crippen LogP contribution < -0.4 is 15.4 Å². The molecule has 0 saturated heterocycles. The summed E-state index contributed by atoms with van der Waals surface area (Å²) in [7, 11) is 0. The van der Waals surface area contributed by atoms with E-state index in [2.05, 4.69) is 10.6 Å². The van der Waals surface area contributed by atoms with E-state index in [1.807, 2.05) is 13.8 Å². The monoisotopic (exact) mass is 456 g/mol. The highest BCUT2D eigenvalue weighted by molar-refractivity contribution is 6.07. The Kier molecular flexibility index (Phi) is 7.37. The zero-order valence-corrected chi connectivity index (χ0v) is 18.1. The molecule has 0 saturated carbocycles. The van der Waals surface area contributed by atoms with Gasteiger partial charge in [-0.3, -0.25) is 9.59 Å². The van der Waals surface area contributed by atoms with Crippen LogP contribution in [0.1, 0.15) is 40.1 Å². The van der Waals surface area contributed by atoms with Crippen LogP contribution in [-0.2, 0) is 6.18 Å². The summed E-state index contributed by atoms with van der Waals surface area (Å²) in [6.45, 7) is 4.49. The van der Waals surface area contributed by atoms with Gasteiger partial charge in [0.05, 0.1) is 17.7 Å². The number of ether oxygens (including phenoxy) is 1. The number of anilines is 2. The Bertz CT molecular complexity index is 1130. The van der Waals surface area contributed by atoms with Crippen LogP contribution in [0.5, 0.6) is 5.75 Å². The molecular formula is C25H23F3N2O3. The molecule has 0 aliphatic rings. The van der Waals surface area contributed by atoms with Gasteiger partial charge in [0.15, 0.2) is 0 Å². The minimum absolute atomic E-state index is 0.0326. The van der Waals surface area contributed by atoms with E-state index in [0.717, 1.165) is 12.1 Å². The highest BCUT2D eigenvalue weighted by Crippen LogP contribution is 2.30. The molecule has 0 bridgehead atoms. The molecule has 0 atom stereocenters. The lowest BCUT2D eigenvalue weighted by atomic mass is 10.1. The SMILES string of the molecule is CC(C)COc1ccccc1C(=O)Nc1ccc(C(=O)Nc2cccc(C(F)(F)F)c2)cc1. The molecule has 0 spiro atoms. The fraction of sp³-hybridized carbons (Fsp3) is 0.200. The van der Waals surface area contributed by atoms with Crippen molar-refractivity contribution in [1.82, 2.24) is 0 Å². The summed E-state index contributed by atoms with van der Waals surface area (Å²) in [5, 5.41) is 5.20. The third-order valence-electron chi connectivity index (χ3n) is 4.56. The van der Waals surface area contributed by atoms with Crippen LogP contribution >= 0.6 is 0 Å². The van der Waals surface area contributed by atoms with Crippen molar-refractivity contribution < 1.29 is 27.5 Å². The Morgan fingerprint density at radius 1 is 0.848 bits per heavy atom. The van der Waals surface area contributed by atoms with Gasteiger partial charge in [-0.2, -0.15) is 13.2 Å². The summed E-state index contributed by atoms with van der Waals surface area (Å²) in [6, 6.07) is 17.3. The third-order valence-corrected chi connectivity index (χ3v) is 4.56. The second kappa shape index (κ2) is 10.2. The number of benzene rings is 3. The standard InChI is InChI=1S/C25H23F3N2O3/c1-16(2)15-33-22-9-4-3-8-21(22)24(32)29-19-12-10-17(11-13-19)23(31)30-20-7-5-6-18(14-20)25(26,27)28/h3-14,16H,15H2,1-2H3,(H,29,32)(H,30,31). The van der Waals surface area contributed by atoms with E-state index >= 15 is 0 Å². The Hall–Kier alpha value is -3.81. The molecule has 0 fully saturated rings. The summed E-state index contributed by atoms with van der Waals surface area (Å²) in [4.78, 5) is 25.1. The predicted molar refractivity (Wildman–Crippen MR) is 121 cm³/mol. The summed E-state index contributed by atoms with van der Waals surface area (Å²) in [5.74, 6) is -0.160. The van der Waals surface area contributed by atoms with Crippen LogP contribution in [0, 0.1) is 5.92 Å². The van der Waals surface area contributed by atoms with Crippen LogP contribution in [0.25, 0.3) is 0 Å². The summed E-state index contributed by atoms with van der Waals surface area (Å²) in [6.07, 6.45) is -4.50. The molecule has 3 aromatic carbocycles. The van der Waals surface area contributed by atoms with Gasteiger partial charge in [-0.1, -0.05) is 32.0 Å². The van der Waals surface area contributed by atoms with Gasteiger partial charge in [-0.15, -0.1) is 0 Å². The second-order valence-electron chi connectivity index (χ2n) is 7.77. The van der Waals surface area contributed by atoms with Gasteiger partial charge in [-0.25, -0.2) is 0 Å². The fourth-order valence-electron chi connectivity index (χ4n) is 2.92. The van der Waals surface area contributed by atoms with E-state index in [4.69, 9.17) is 4.74 Å². The molecule has 8 heteroatoms. The summed E-state index contributed by atoms with van der Waals surface area (Å²) in [5.41, 5.74) is 0.242. The Morgan fingerprint density at radius 2 is 1.52 bits per heavy atom. The number of nitrogens with one attached hydrogen (secondary N) is 2. The highest BCUT2D eigenvalue weighted by Gasteiger charge is 2.30. The lowest BCUT2D eigenvalue weighted by molar-refractivity contribution is -0.137. The number of para-hydroxylation sites is 1. The molecule has 0 aliphatic carbocycles. The normalized spacial score (nSPS) is 11.2. The van der Waals surface area contributed by atoms with Gasteiger partial charge >= 0.3 is 6.18 Å². The number of halogens is 3. The van der Waals surface area contributed by atoms with Crippen LogP contribution in [0.15, 0.2) is 72.8 Å². The fourth-order valence-corrected chi connectivity index (χ4v) is 2.92. The van der Waals surface area contributed by atoms with Crippen molar-refractivity contribution in [3.05, 3.63) is 89.5 Å². The lowest BCUT2D eigenvalue weighted by Crippen LogP contribution is -2.15. The number of alkyl halides is 3. The Labute approximate surface area is 189 Å². The molecule has 5 nitrogen and oxygen atoms in total. The average Bonchev–Trinajstić information content (AvgIpc) is 2.78. The molecule has 0 heterocycles. The first-order valence-electron chi connectivity index (χ1n) is 10.3. The first-order valence-corrected chi connectivity index (χ1v) is 10.3. The maximum Gasteiger partial charge on any atom is 0.416 e. The van der Waals surface area contributed by atoms with Crippen molar-refractivity contribution in [1.29, 1.82) is 0 Å². The van der Waals surface area contributed by atoms with Gasteiger partial charge in [-0.05, 0) is 60.5 Å². The van der Waals surface area contributed by atoms with Crippen molar-refractivity contribution in [3.63, 3.8) is 0 Å². The largest absolute Gasteiger partial charge is 0.492 e. The predicted octanol–water partition coefficient (Wildman–Crippen LogP) is 6.24. The molecule has 2 N–H and O–H groups in total. The molecular weight excluding hydrogens is 433 g/mol. The topological polar surface area (TPSA) is 67.4 Å². The van der Waals surface area contributed by atoms with Crippen molar-refractivity contribution in [2.45, 2.75) is 20.0 Å². The molecule has 172 valence electrons. The lowest BCUT2D eigenvalue weighted by Gasteiger charge is -2.13. The minimum Gasteiger partial charge on any atom is -0.492 e. The number of rotatable bonds is 7. The number of carbonyl (C=O) groups is 2. The van der Waals surface area contributed by atoms with Crippen molar-refractivity contribution >= 4 is 23.2 Å². The van der Waals surface area contributed by atoms with Gasteiger partial charge in [0.2, 0.25) is 0 Å². The van der Waals surface area contributed by atoms with Crippen molar-refractivity contribution in [2.75, 3.05) is 17.2 Å². The van der Waals surface area contributed by atoms with Crippen LogP contribution in [0.4, 0.5) is 24.5 Å². The first-order chi connectivity index (χ1) is 15.6. The minimum atomic E-state index is -4.50. The van der Waals surface area contributed by atoms with Gasteiger partial charge in [0.1, 0.15) is 5.75 Å². The number of hydrogen-bond acceptors (Lipinski definition) is 3. The zero-order valence-electron chi connectivity index (χ0n) is 18.1. The van der Waals surface area contributed by atoms with E-state index in [-0.39, 0.29) is 17.2 Å². The highest BCUT2D eigenvalue weighted by atomic mass is 19.4. The van der Waals surface area contributed by atoms with Crippen molar-refractivity contribution in [2.24, 2.45) is 5.92 Å². The Morgan fingerprint density at radius 3 is 2.18 bits per heavy atom. The van der Waals surface area contributed by atoms with Crippen LogP contribution in [0.3, 0.4) is 0 Å². The van der Waals surface area contributed by atoms with Crippen molar-refractivity contribution in [3.8, 4) is 5.75 Å². The zero-order chi connectivity index (χ0) is 24.0. The molecule has 3 rings (SSSR count). The van der Waals surface area contributed by atoms with E-state index in [1.54, 1.807) is 24.3 Å². The van der Waals surface area contributed by atoms with Crippen LogP contribution in [-0.4, -0.2) is 18.4 Å². The smallest absolute Gasteiger partial charge is 0.416 e. The van der Waals surface area contributed by atoms with E-state index < -0.39 is 17.6 Å². The second-order valence-corrected chi connectivity index (χ2v) is 7.77. The van der Waals surface area contributed by atoms with Gasteiger partial charge in [0.25, 0.3) is 11.8 Å². The number of amides is 2. The summed E-state index contributed by atoms with van der Waals surface area (Å²) >= 11 is 0. The molecule has 2 amide bonds. The number of hydrogen-bond donors (Lipinski definition) is 2.